The largest absolute Gasteiger partial charge is 0.497 e. The molecule has 1 fully saturated rings. The Morgan fingerprint density at radius 2 is 1.80 bits per heavy atom. The number of nitrogens with zero attached hydrogens (tertiary/aromatic N) is 3. The van der Waals surface area contributed by atoms with E-state index in [1.807, 2.05) is 17.0 Å². The number of fused-ring (bicyclic) bond motifs is 1. The second kappa shape index (κ2) is 8.90. The molecule has 0 aliphatic carbocycles. The summed E-state index contributed by atoms with van der Waals surface area (Å²) in [6.45, 7) is 3.41. The molecule has 1 amide bonds. The minimum atomic E-state index is -0.0598. The molecule has 0 atom stereocenters. The number of piperazine rings is 1. The molecule has 156 valence electrons. The summed E-state index contributed by atoms with van der Waals surface area (Å²) in [4.78, 5) is 20.8. The maximum Gasteiger partial charge on any atom is 0.289 e. The number of hydrogen-bond donors (Lipinski definition) is 1. The fourth-order valence-electron chi connectivity index (χ4n) is 3.70. The van der Waals surface area contributed by atoms with Crippen LogP contribution in [0.1, 0.15) is 16.1 Å². The summed E-state index contributed by atoms with van der Waals surface area (Å²) in [6, 6.07) is 15.9. The van der Waals surface area contributed by atoms with Crippen LogP contribution in [0.3, 0.4) is 0 Å². The molecule has 0 saturated carbocycles. The van der Waals surface area contributed by atoms with Crippen molar-refractivity contribution in [1.82, 2.24) is 15.1 Å². The molecule has 1 aliphatic rings. The van der Waals surface area contributed by atoms with Gasteiger partial charge in [0.1, 0.15) is 5.75 Å². The van der Waals surface area contributed by atoms with Crippen LogP contribution in [0.15, 0.2) is 64.2 Å². The molecule has 1 saturated heterocycles. The van der Waals surface area contributed by atoms with Gasteiger partial charge in [0.15, 0.2) is 11.7 Å². The van der Waals surface area contributed by atoms with Crippen LogP contribution in [0.2, 0.25) is 0 Å². The maximum atomic E-state index is 12.4. The second-order valence-corrected chi connectivity index (χ2v) is 7.20. The van der Waals surface area contributed by atoms with Gasteiger partial charge in [-0.15, -0.1) is 0 Å². The zero-order chi connectivity index (χ0) is 20.9. The van der Waals surface area contributed by atoms with Crippen LogP contribution in [0, 0.1) is 0 Å². The summed E-state index contributed by atoms with van der Waals surface area (Å²) >= 11 is 0. The third kappa shape index (κ3) is 4.25. The molecule has 7 nitrogen and oxygen atoms in total. The highest BCUT2D eigenvalue weighted by Crippen LogP contribution is 2.22. The van der Waals surface area contributed by atoms with E-state index in [2.05, 4.69) is 39.5 Å². The van der Waals surface area contributed by atoms with E-state index in [0.717, 1.165) is 30.2 Å². The van der Waals surface area contributed by atoms with Gasteiger partial charge in [-0.2, -0.15) is 0 Å². The molecule has 1 aromatic heterocycles. The number of furan rings is 1. The lowest BCUT2D eigenvalue weighted by atomic mass is 10.1. The minimum Gasteiger partial charge on any atom is -0.497 e. The summed E-state index contributed by atoms with van der Waals surface area (Å²) < 4.78 is 10.5. The fraction of sp³-hybridized carbons (Fsp3) is 0.304. The van der Waals surface area contributed by atoms with E-state index in [0.29, 0.717) is 25.4 Å². The third-order valence-corrected chi connectivity index (χ3v) is 5.37. The number of hydrogen-bond acceptors (Lipinski definition) is 4. The summed E-state index contributed by atoms with van der Waals surface area (Å²) in [7, 11) is 3.47. The number of amides is 1. The molecule has 3 aromatic rings. The first-order valence-corrected chi connectivity index (χ1v) is 10.0. The number of rotatable bonds is 4. The van der Waals surface area contributed by atoms with Crippen molar-refractivity contribution in [3.63, 3.8) is 0 Å². The van der Waals surface area contributed by atoms with Crippen LogP contribution < -0.4 is 10.1 Å². The van der Waals surface area contributed by atoms with Gasteiger partial charge in [0.2, 0.25) is 0 Å². The molecule has 1 N–H and O–H groups in total. The summed E-state index contributed by atoms with van der Waals surface area (Å²) in [5, 5.41) is 5.77. The Labute approximate surface area is 175 Å². The molecule has 0 unspecified atom stereocenters. The van der Waals surface area contributed by atoms with E-state index in [4.69, 9.17) is 9.15 Å². The number of benzene rings is 2. The summed E-state index contributed by atoms with van der Waals surface area (Å²) in [5.74, 6) is 2.03. The predicted molar refractivity (Wildman–Crippen MR) is 117 cm³/mol. The predicted octanol–water partition coefficient (Wildman–Crippen LogP) is 2.97. The van der Waals surface area contributed by atoms with Crippen LogP contribution in [0.25, 0.3) is 10.8 Å². The zero-order valence-corrected chi connectivity index (χ0v) is 17.3. The fourth-order valence-corrected chi connectivity index (χ4v) is 3.70. The molecule has 2 aromatic carbocycles. The second-order valence-electron chi connectivity index (χ2n) is 7.20. The highest BCUT2D eigenvalue weighted by molar-refractivity contribution is 5.91. The SMILES string of the molecule is CN=C(NCc1ccc2cc(OC)ccc2c1)N1CCN(C(=O)c2ccco2)CC1. The first-order chi connectivity index (χ1) is 14.7. The number of nitrogens with one attached hydrogen (secondary N) is 1. The zero-order valence-electron chi connectivity index (χ0n) is 17.3. The highest BCUT2D eigenvalue weighted by Gasteiger charge is 2.25. The van der Waals surface area contributed by atoms with Crippen molar-refractivity contribution in [3.05, 3.63) is 66.1 Å². The number of carbonyl (C=O) groups excluding carboxylic acids is 1. The van der Waals surface area contributed by atoms with Gasteiger partial charge in [0.05, 0.1) is 13.4 Å². The van der Waals surface area contributed by atoms with Crippen molar-refractivity contribution < 1.29 is 13.9 Å². The van der Waals surface area contributed by atoms with Crippen LogP contribution in [-0.2, 0) is 6.54 Å². The topological polar surface area (TPSA) is 70.3 Å². The number of aliphatic imine (C=N–C) groups is 1. The Kier molecular flexibility index (Phi) is 5.88. The van der Waals surface area contributed by atoms with Crippen LogP contribution in [0.5, 0.6) is 5.75 Å². The lowest BCUT2D eigenvalue weighted by molar-refractivity contribution is 0.0657. The van der Waals surface area contributed by atoms with Crippen LogP contribution in [-0.4, -0.2) is 62.0 Å². The van der Waals surface area contributed by atoms with Gasteiger partial charge < -0.3 is 24.3 Å². The molecular formula is C23H26N4O3. The lowest BCUT2D eigenvalue weighted by Gasteiger charge is -2.36. The van der Waals surface area contributed by atoms with Gasteiger partial charge in [-0.3, -0.25) is 9.79 Å². The van der Waals surface area contributed by atoms with E-state index in [-0.39, 0.29) is 5.91 Å². The quantitative estimate of drug-likeness (QED) is 0.533. The maximum absolute atomic E-state index is 12.4. The van der Waals surface area contributed by atoms with Crippen molar-refractivity contribution in [2.75, 3.05) is 40.3 Å². The molecule has 2 heterocycles. The first-order valence-electron chi connectivity index (χ1n) is 10.0. The van der Waals surface area contributed by atoms with Gasteiger partial charge in [-0.05, 0) is 46.7 Å². The van der Waals surface area contributed by atoms with E-state index in [9.17, 15) is 4.79 Å². The van der Waals surface area contributed by atoms with E-state index in [1.54, 1.807) is 26.3 Å². The number of carbonyl (C=O) groups is 1. The minimum absolute atomic E-state index is 0.0598. The number of methoxy groups -OCH3 is 1. The standard InChI is InChI=1S/C23H26N4O3/c1-24-23(27-11-9-26(10-12-27)22(28)21-4-3-13-30-21)25-16-17-5-6-19-15-20(29-2)8-7-18(19)14-17/h3-8,13-15H,9-12,16H2,1-2H3,(H,24,25). The molecule has 30 heavy (non-hydrogen) atoms. The van der Waals surface area contributed by atoms with Crippen molar-refractivity contribution in [3.8, 4) is 5.75 Å². The average Bonchev–Trinajstić information content (AvgIpc) is 3.34. The van der Waals surface area contributed by atoms with Gasteiger partial charge in [-0.1, -0.05) is 18.2 Å². The van der Waals surface area contributed by atoms with Gasteiger partial charge >= 0.3 is 0 Å². The van der Waals surface area contributed by atoms with Crippen LogP contribution in [0.4, 0.5) is 0 Å². The Hall–Kier alpha value is -3.48. The van der Waals surface area contributed by atoms with Gasteiger partial charge in [0, 0.05) is 39.8 Å². The lowest BCUT2D eigenvalue weighted by Crippen LogP contribution is -2.53. The van der Waals surface area contributed by atoms with Gasteiger partial charge in [-0.25, -0.2) is 0 Å². The van der Waals surface area contributed by atoms with Gasteiger partial charge in [0.25, 0.3) is 5.91 Å². The highest BCUT2D eigenvalue weighted by atomic mass is 16.5. The Balaban J connectivity index is 1.34. The molecule has 0 radical (unpaired) electrons. The Bertz CT molecular complexity index is 1040. The van der Waals surface area contributed by atoms with Crippen molar-refractivity contribution in [2.24, 2.45) is 4.99 Å². The normalized spacial score (nSPS) is 14.8. The Morgan fingerprint density at radius 3 is 2.50 bits per heavy atom. The van der Waals surface area contributed by atoms with E-state index in [1.165, 1.54) is 17.2 Å². The van der Waals surface area contributed by atoms with E-state index < -0.39 is 0 Å². The van der Waals surface area contributed by atoms with Crippen molar-refractivity contribution in [2.45, 2.75) is 6.54 Å². The summed E-state index contributed by atoms with van der Waals surface area (Å²) in [5.41, 5.74) is 1.18. The molecule has 0 spiro atoms. The van der Waals surface area contributed by atoms with Crippen LogP contribution >= 0.6 is 0 Å². The van der Waals surface area contributed by atoms with E-state index >= 15 is 0 Å². The molecule has 1 aliphatic heterocycles. The molecular weight excluding hydrogens is 380 g/mol. The smallest absolute Gasteiger partial charge is 0.289 e. The molecule has 0 bridgehead atoms. The number of guanidine groups is 1. The van der Waals surface area contributed by atoms with Crippen molar-refractivity contribution in [1.29, 1.82) is 0 Å². The molecule has 7 heteroatoms. The average molecular weight is 406 g/mol. The summed E-state index contributed by atoms with van der Waals surface area (Å²) in [6.07, 6.45) is 1.53. The third-order valence-electron chi connectivity index (χ3n) is 5.37. The molecule has 4 rings (SSSR count). The first kappa shape index (κ1) is 19.8. The van der Waals surface area contributed by atoms with Crippen molar-refractivity contribution >= 4 is 22.6 Å². The number of ether oxygens (including phenoxy) is 1. The monoisotopic (exact) mass is 406 g/mol. The Morgan fingerprint density at radius 1 is 1.07 bits per heavy atom.